The lowest BCUT2D eigenvalue weighted by molar-refractivity contribution is -0.0493. The fourth-order valence-corrected chi connectivity index (χ4v) is 2.79. The molecule has 1 saturated heterocycles. The van der Waals surface area contributed by atoms with Crippen LogP contribution in [0.25, 0.3) is 0 Å². The van der Waals surface area contributed by atoms with Gasteiger partial charge in [0, 0.05) is 13.1 Å². The third kappa shape index (κ3) is 2.76. The van der Waals surface area contributed by atoms with E-state index in [0.29, 0.717) is 6.10 Å². The Bertz CT molecular complexity index is 383. The molecule has 1 N–H and O–H groups in total. The van der Waals surface area contributed by atoms with Gasteiger partial charge in [-0.3, -0.25) is 0 Å². The summed E-state index contributed by atoms with van der Waals surface area (Å²) in [6.45, 7) is 4.22. The molecule has 1 aliphatic carbocycles. The third-order valence-electron chi connectivity index (χ3n) is 4.05. The zero-order valence-corrected chi connectivity index (χ0v) is 11.2. The lowest BCUT2D eigenvalue weighted by Crippen LogP contribution is -2.41. The van der Waals surface area contributed by atoms with E-state index in [9.17, 15) is 0 Å². The van der Waals surface area contributed by atoms with Gasteiger partial charge in [-0.05, 0) is 36.3 Å². The fourth-order valence-electron chi connectivity index (χ4n) is 2.79. The molecule has 0 aromatic heterocycles. The Kier molecular flexibility index (Phi) is 3.67. The van der Waals surface area contributed by atoms with E-state index in [0.717, 1.165) is 19.0 Å². The van der Waals surface area contributed by atoms with Crippen LogP contribution < -0.4 is 5.32 Å². The minimum Gasteiger partial charge on any atom is -0.367 e. The summed E-state index contributed by atoms with van der Waals surface area (Å²) in [5.41, 5.74) is 2.76. The molecular weight excluding hydrogens is 222 g/mol. The Balaban J connectivity index is 1.65. The summed E-state index contributed by atoms with van der Waals surface area (Å²) in [4.78, 5) is 0. The molecule has 0 amide bonds. The number of aryl methyl sites for hydroxylation is 1. The highest BCUT2D eigenvalue weighted by Gasteiger charge is 2.35. The Labute approximate surface area is 110 Å². The summed E-state index contributed by atoms with van der Waals surface area (Å²) >= 11 is 0. The summed E-state index contributed by atoms with van der Waals surface area (Å²) in [5.74, 6) is 0.819. The van der Waals surface area contributed by atoms with Gasteiger partial charge >= 0.3 is 0 Å². The minimum absolute atomic E-state index is 0.250. The largest absolute Gasteiger partial charge is 0.367 e. The van der Waals surface area contributed by atoms with Crippen LogP contribution in [0.1, 0.15) is 43.4 Å². The predicted octanol–water partition coefficient (Wildman–Crippen LogP) is 3.08. The van der Waals surface area contributed by atoms with E-state index >= 15 is 0 Å². The monoisotopic (exact) mass is 245 g/mol. The van der Waals surface area contributed by atoms with Gasteiger partial charge in [0.25, 0.3) is 0 Å². The van der Waals surface area contributed by atoms with Crippen molar-refractivity contribution in [2.75, 3.05) is 13.1 Å². The van der Waals surface area contributed by atoms with Crippen molar-refractivity contribution >= 4 is 0 Å². The molecule has 2 atom stereocenters. The van der Waals surface area contributed by atoms with Crippen LogP contribution >= 0.6 is 0 Å². The highest BCUT2D eigenvalue weighted by atomic mass is 16.5. The Morgan fingerprint density at radius 3 is 2.61 bits per heavy atom. The molecule has 2 nitrogen and oxygen atoms in total. The average Bonchev–Trinajstić information content (AvgIpc) is 3.25. The molecule has 1 aromatic carbocycles. The van der Waals surface area contributed by atoms with Crippen molar-refractivity contribution in [3.8, 4) is 0 Å². The van der Waals surface area contributed by atoms with Crippen LogP contribution in [0.5, 0.6) is 0 Å². The predicted molar refractivity (Wildman–Crippen MR) is 73.6 cm³/mol. The maximum Gasteiger partial charge on any atom is 0.0953 e. The van der Waals surface area contributed by atoms with Crippen LogP contribution in [0.15, 0.2) is 24.3 Å². The van der Waals surface area contributed by atoms with Gasteiger partial charge in [0.1, 0.15) is 0 Å². The van der Waals surface area contributed by atoms with E-state index in [-0.39, 0.29) is 6.10 Å². The van der Waals surface area contributed by atoms with Gasteiger partial charge in [0.05, 0.1) is 12.2 Å². The maximum atomic E-state index is 6.23. The number of nitrogens with one attached hydrogen (secondary N) is 1. The zero-order chi connectivity index (χ0) is 12.4. The van der Waals surface area contributed by atoms with Crippen molar-refractivity contribution in [1.82, 2.24) is 5.32 Å². The second-order valence-electron chi connectivity index (χ2n) is 5.65. The van der Waals surface area contributed by atoms with E-state index in [1.165, 1.54) is 36.8 Å². The molecule has 1 aromatic rings. The number of ether oxygens (including phenoxy) is 1. The lowest BCUT2D eigenvalue weighted by Gasteiger charge is -2.31. The summed E-state index contributed by atoms with van der Waals surface area (Å²) < 4.78 is 6.23. The normalized spacial score (nSPS) is 28.3. The Hall–Kier alpha value is -0.860. The molecule has 2 heteroatoms. The van der Waals surface area contributed by atoms with Gasteiger partial charge in [-0.25, -0.2) is 0 Å². The van der Waals surface area contributed by atoms with Crippen LogP contribution in [0.3, 0.4) is 0 Å². The minimum atomic E-state index is 0.250. The second kappa shape index (κ2) is 5.41. The number of benzene rings is 1. The molecule has 2 unspecified atom stereocenters. The van der Waals surface area contributed by atoms with Gasteiger partial charge in [-0.1, -0.05) is 37.6 Å². The van der Waals surface area contributed by atoms with E-state index in [2.05, 4.69) is 36.5 Å². The van der Waals surface area contributed by atoms with Gasteiger partial charge < -0.3 is 10.1 Å². The molecule has 2 aliphatic rings. The first-order valence-corrected chi connectivity index (χ1v) is 7.32. The average molecular weight is 245 g/mol. The molecule has 2 fully saturated rings. The molecule has 0 radical (unpaired) electrons. The van der Waals surface area contributed by atoms with Crippen LogP contribution in [0, 0.1) is 5.92 Å². The van der Waals surface area contributed by atoms with E-state index in [4.69, 9.17) is 4.74 Å². The second-order valence-corrected chi connectivity index (χ2v) is 5.65. The molecule has 0 bridgehead atoms. The van der Waals surface area contributed by atoms with Crippen LogP contribution in [0.4, 0.5) is 0 Å². The van der Waals surface area contributed by atoms with Gasteiger partial charge in [0.2, 0.25) is 0 Å². The molecule has 98 valence electrons. The highest BCUT2D eigenvalue weighted by Crippen LogP contribution is 2.37. The van der Waals surface area contributed by atoms with E-state index in [1.54, 1.807) is 0 Å². The summed E-state index contributed by atoms with van der Waals surface area (Å²) in [6, 6.07) is 8.99. The van der Waals surface area contributed by atoms with Gasteiger partial charge in [-0.2, -0.15) is 0 Å². The molecule has 0 spiro atoms. The molecule has 1 saturated carbocycles. The zero-order valence-electron chi connectivity index (χ0n) is 11.2. The van der Waals surface area contributed by atoms with Crippen molar-refractivity contribution in [2.45, 2.75) is 44.8 Å². The van der Waals surface area contributed by atoms with Gasteiger partial charge in [-0.15, -0.1) is 0 Å². The first kappa shape index (κ1) is 12.2. The maximum absolute atomic E-state index is 6.23. The summed E-state index contributed by atoms with van der Waals surface area (Å²) in [6.07, 6.45) is 5.79. The van der Waals surface area contributed by atoms with E-state index < -0.39 is 0 Å². The smallest absolute Gasteiger partial charge is 0.0953 e. The first-order chi connectivity index (χ1) is 8.86. The van der Waals surface area contributed by atoms with Crippen molar-refractivity contribution in [1.29, 1.82) is 0 Å². The van der Waals surface area contributed by atoms with Crippen LogP contribution in [-0.2, 0) is 11.2 Å². The molecule has 18 heavy (non-hydrogen) atoms. The Morgan fingerprint density at radius 2 is 1.94 bits per heavy atom. The molecule has 1 heterocycles. The van der Waals surface area contributed by atoms with E-state index in [1.807, 2.05) is 0 Å². The van der Waals surface area contributed by atoms with Crippen LogP contribution in [0.2, 0.25) is 0 Å². The number of hydrogen-bond donors (Lipinski definition) is 1. The number of morpholine rings is 1. The third-order valence-corrected chi connectivity index (χ3v) is 4.05. The summed E-state index contributed by atoms with van der Waals surface area (Å²) in [5, 5.41) is 3.52. The van der Waals surface area contributed by atoms with Crippen molar-refractivity contribution < 1.29 is 4.74 Å². The quantitative estimate of drug-likeness (QED) is 0.880. The molecular formula is C16H23NO. The van der Waals surface area contributed by atoms with Crippen molar-refractivity contribution in [3.05, 3.63) is 35.4 Å². The Morgan fingerprint density at radius 1 is 1.17 bits per heavy atom. The standard InChI is InChI=1S/C16H23NO/c1-2-3-12-4-6-13(7-5-12)15-10-17-11-16(18-15)14-8-9-14/h4-7,14-17H,2-3,8-11H2,1H3. The first-order valence-electron chi connectivity index (χ1n) is 7.32. The van der Waals surface area contributed by atoms with Crippen molar-refractivity contribution in [3.63, 3.8) is 0 Å². The van der Waals surface area contributed by atoms with Crippen LogP contribution in [-0.4, -0.2) is 19.2 Å². The number of rotatable bonds is 4. The molecule has 3 rings (SSSR count). The molecule has 1 aliphatic heterocycles. The lowest BCUT2D eigenvalue weighted by atomic mass is 10.0. The fraction of sp³-hybridized carbons (Fsp3) is 0.625. The highest BCUT2D eigenvalue weighted by molar-refractivity contribution is 5.25. The van der Waals surface area contributed by atoms with Gasteiger partial charge in [0.15, 0.2) is 0 Å². The summed E-state index contributed by atoms with van der Waals surface area (Å²) in [7, 11) is 0. The SMILES string of the molecule is CCCc1ccc(C2CNCC(C3CC3)O2)cc1. The number of hydrogen-bond acceptors (Lipinski definition) is 2. The topological polar surface area (TPSA) is 21.3 Å². The van der Waals surface area contributed by atoms with Crippen molar-refractivity contribution in [2.24, 2.45) is 5.92 Å².